The summed E-state index contributed by atoms with van der Waals surface area (Å²) in [6, 6.07) is -0.503. The standard InChI is InChI=1S/C20H23F2N3O2/c1-20(21,22)19-23-9-14-17(24-19)15(12-5-3-2-4-6-12)10-25(18(14)27)16(11-26)13-7-8-13/h9-13,16H,2-8H2,1H3. The first kappa shape index (κ1) is 18.2. The molecule has 2 aromatic rings. The van der Waals surface area contributed by atoms with Gasteiger partial charge in [0.05, 0.1) is 16.9 Å². The van der Waals surface area contributed by atoms with Crippen LogP contribution in [0.1, 0.15) is 75.2 Å². The maximum Gasteiger partial charge on any atom is 0.303 e. The van der Waals surface area contributed by atoms with Crippen LogP contribution in [0.15, 0.2) is 17.2 Å². The molecule has 1 atom stereocenters. The maximum absolute atomic E-state index is 13.8. The van der Waals surface area contributed by atoms with E-state index in [1.54, 1.807) is 6.20 Å². The second-order valence-corrected chi connectivity index (χ2v) is 7.94. The normalized spacial score (nSPS) is 20.0. The van der Waals surface area contributed by atoms with Crippen molar-refractivity contribution in [1.29, 1.82) is 0 Å². The Balaban J connectivity index is 1.95. The molecule has 2 fully saturated rings. The molecule has 2 heterocycles. The Hall–Kier alpha value is -2.18. The minimum absolute atomic E-state index is 0.160. The van der Waals surface area contributed by atoms with Crippen molar-refractivity contribution in [2.24, 2.45) is 5.92 Å². The van der Waals surface area contributed by atoms with Gasteiger partial charge >= 0.3 is 5.92 Å². The topological polar surface area (TPSA) is 64.8 Å². The lowest BCUT2D eigenvalue weighted by Crippen LogP contribution is -2.29. The van der Waals surface area contributed by atoms with Crippen LogP contribution in [0.2, 0.25) is 0 Å². The first-order chi connectivity index (χ1) is 12.9. The molecule has 4 rings (SSSR count). The number of aldehydes is 1. The third-order valence-electron chi connectivity index (χ3n) is 5.81. The van der Waals surface area contributed by atoms with Gasteiger partial charge in [-0.15, -0.1) is 0 Å². The van der Waals surface area contributed by atoms with Crippen LogP contribution in [0.4, 0.5) is 8.78 Å². The van der Waals surface area contributed by atoms with Crippen molar-refractivity contribution in [3.8, 4) is 0 Å². The van der Waals surface area contributed by atoms with Crippen LogP contribution in [0.3, 0.4) is 0 Å². The summed E-state index contributed by atoms with van der Waals surface area (Å²) in [6.07, 6.45) is 10.7. The van der Waals surface area contributed by atoms with E-state index in [1.807, 2.05) is 0 Å². The molecule has 0 N–H and O–H groups in total. The molecule has 0 radical (unpaired) electrons. The highest BCUT2D eigenvalue weighted by molar-refractivity contribution is 5.81. The van der Waals surface area contributed by atoms with Crippen molar-refractivity contribution >= 4 is 17.2 Å². The fourth-order valence-corrected chi connectivity index (χ4v) is 4.15. The van der Waals surface area contributed by atoms with Crippen LogP contribution < -0.4 is 5.56 Å². The Morgan fingerprint density at radius 3 is 2.52 bits per heavy atom. The van der Waals surface area contributed by atoms with E-state index in [0.29, 0.717) is 5.52 Å². The monoisotopic (exact) mass is 375 g/mol. The Kier molecular flexibility index (Phi) is 4.56. The summed E-state index contributed by atoms with van der Waals surface area (Å²) in [5.74, 6) is -3.41. The van der Waals surface area contributed by atoms with Gasteiger partial charge in [-0.2, -0.15) is 8.78 Å². The highest BCUT2D eigenvalue weighted by atomic mass is 19.3. The van der Waals surface area contributed by atoms with Crippen molar-refractivity contribution < 1.29 is 13.6 Å². The average Bonchev–Trinajstić information content (AvgIpc) is 3.49. The average molecular weight is 375 g/mol. The number of carbonyl (C=O) groups excluding carboxylic acids is 1. The molecule has 1 unspecified atom stereocenters. The van der Waals surface area contributed by atoms with Crippen molar-refractivity contribution in [2.75, 3.05) is 0 Å². The van der Waals surface area contributed by atoms with Gasteiger partial charge in [0.15, 0.2) is 5.82 Å². The van der Waals surface area contributed by atoms with E-state index in [-0.39, 0.29) is 22.8 Å². The Morgan fingerprint density at radius 2 is 1.93 bits per heavy atom. The number of fused-ring (bicyclic) bond motifs is 1. The molecular formula is C20H23F2N3O2. The van der Waals surface area contributed by atoms with Crippen LogP contribution in [0, 0.1) is 5.92 Å². The van der Waals surface area contributed by atoms with Crippen molar-refractivity contribution in [2.45, 2.75) is 69.8 Å². The largest absolute Gasteiger partial charge is 0.304 e. The maximum atomic E-state index is 13.8. The predicted molar refractivity (Wildman–Crippen MR) is 97.0 cm³/mol. The second kappa shape index (κ2) is 6.77. The van der Waals surface area contributed by atoms with E-state index in [0.717, 1.165) is 63.7 Å². The molecule has 0 saturated heterocycles. The number of aromatic nitrogens is 3. The van der Waals surface area contributed by atoms with Gasteiger partial charge in [-0.3, -0.25) is 4.79 Å². The summed E-state index contributed by atoms with van der Waals surface area (Å²) in [4.78, 5) is 32.5. The molecule has 2 aliphatic carbocycles. The van der Waals surface area contributed by atoms with E-state index in [4.69, 9.17) is 0 Å². The first-order valence-corrected chi connectivity index (χ1v) is 9.65. The van der Waals surface area contributed by atoms with Gasteiger partial charge in [0, 0.05) is 19.3 Å². The quantitative estimate of drug-likeness (QED) is 0.738. The zero-order valence-electron chi connectivity index (χ0n) is 15.3. The summed E-state index contributed by atoms with van der Waals surface area (Å²) in [5, 5.41) is 0.221. The number of hydrogen-bond acceptors (Lipinski definition) is 4. The number of rotatable bonds is 5. The zero-order chi connectivity index (χ0) is 19.2. The van der Waals surface area contributed by atoms with Gasteiger partial charge in [-0.05, 0) is 43.1 Å². The lowest BCUT2D eigenvalue weighted by atomic mass is 9.84. The first-order valence-electron chi connectivity index (χ1n) is 9.65. The smallest absolute Gasteiger partial charge is 0.303 e. The van der Waals surface area contributed by atoms with Gasteiger partial charge in [-0.1, -0.05) is 19.3 Å². The van der Waals surface area contributed by atoms with E-state index in [9.17, 15) is 18.4 Å². The number of pyridine rings is 1. The lowest BCUT2D eigenvalue weighted by molar-refractivity contribution is -0.111. The van der Waals surface area contributed by atoms with Crippen LogP contribution in [-0.2, 0) is 10.7 Å². The second-order valence-electron chi connectivity index (χ2n) is 7.94. The molecule has 7 heteroatoms. The van der Waals surface area contributed by atoms with Gasteiger partial charge in [-0.25, -0.2) is 9.97 Å². The van der Waals surface area contributed by atoms with E-state index >= 15 is 0 Å². The van der Waals surface area contributed by atoms with Gasteiger partial charge in [0.25, 0.3) is 5.56 Å². The summed E-state index contributed by atoms with van der Waals surface area (Å²) in [7, 11) is 0. The van der Waals surface area contributed by atoms with Crippen molar-refractivity contribution in [3.63, 3.8) is 0 Å². The van der Waals surface area contributed by atoms with E-state index in [1.165, 1.54) is 10.8 Å². The molecule has 27 heavy (non-hydrogen) atoms. The third kappa shape index (κ3) is 3.39. The van der Waals surface area contributed by atoms with Gasteiger partial charge in [0.2, 0.25) is 0 Å². The molecule has 0 amide bonds. The molecule has 5 nitrogen and oxygen atoms in total. The molecule has 0 aromatic carbocycles. The molecule has 0 spiro atoms. The molecular weight excluding hydrogens is 352 g/mol. The minimum atomic E-state index is -3.17. The lowest BCUT2D eigenvalue weighted by Gasteiger charge is -2.25. The zero-order valence-corrected chi connectivity index (χ0v) is 15.3. The number of hydrogen-bond donors (Lipinski definition) is 0. The molecule has 2 saturated carbocycles. The minimum Gasteiger partial charge on any atom is -0.304 e. The molecule has 2 aliphatic rings. The fourth-order valence-electron chi connectivity index (χ4n) is 4.15. The Labute approximate surface area is 155 Å². The molecule has 2 aromatic heterocycles. The Bertz CT molecular complexity index is 925. The third-order valence-corrected chi connectivity index (χ3v) is 5.81. The highest BCUT2D eigenvalue weighted by Gasteiger charge is 2.35. The van der Waals surface area contributed by atoms with Crippen LogP contribution in [-0.4, -0.2) is 20.8 Å². The number of carbonyl (C=O) groups is 1. The predicted octanol–water partition coefficient (Wildman–Crippen LogP) is 4.10. The summed E-state index contributed by atoms with van der Waals surface area (Å²) in [6.45, 7) is 0.755. The molecule has 144 valence electrons. The van der Waals surface area contributed by atoms with E-state index < -0.39 is 17.8 Å². The summed E-state index contributed by atoms with van der Waals surface area (Å²) in [5.41, 5.74) is 0.736. The van der Waals surface area contributed by atoms with Gasteiger partial charge < -0.3 is 9.36 Å². The van der Waals surface area contributed by atoms with Crippen molar-refractivity contribution in [1.82, 2.24) is 14.5 Å². The number of nitrogens with zero attached hydrogens (tertiary/aromatic N) is 3. The SMILES string of the molecule is CC(F)(F)c1ncc2c(=O)n(C(C=O)C3CC3)cc(C3CCCCC3)c2n1. The van der Waals surface area contributed by atoms with Crippen LogP contribution in [0.5, 0.6) is 0 Å². The van der Waals surface area contributed by atoms with E-state index in [2.05, 4.69) is 9.97 Å². The molecule has 0 bridgehead atoms. The fraction of sp³-hybridized carbons (Fsp3) is 0.600. The van der Waals surface area contributed by atoms with Crippen LogP contribution in [0.25, 0.3) is 10.9 Å². The van der Waals surface area contributed by atoms with Crippen LogP contribution >= 0.6 is 0 Å². The summed E-state index contributed by atoms with van der Waals surface area (Å²) < 4.78 is 29.0. The number of halogens is 2. The van der Waals surface area contributed by atoms with Crippen molar-refractivity contribution in [3.05, 3.63) is 34.1 Å². The highest BCUT2D eigenvalue weighted by Crippen LogP contribution is 2.40. The Morgan fingerprint density at radius 1 is 1.22 bits per heavy atom. The molecule has 0 aliphatic heterocycles. The summed E-state index contributed by atoms with van der Waals surface area (Å²) >= 11 is 0. The number of alkyl halides is 2. The van der Waals surface area contributed by atoms with Gasteiger partial charge in [0.1, 0.15) is 6.29 Å².